The molecule has 1 heterocycles. The number of aryl methyl sites for hydroxylation is 1. The van der Waals surface area contributed by atoms with Crippen LogP contribution in [0.4, 0.5) is 0 Å². The van der Waals surface area contributed by atoms with Crippen molar-refractivity contribution in [3.05, 3.63) is 40.4 Å². The van der Waals surface area contributed by atoms with E-state index in [1.54, 1.807) is 18.1 Å². The zero-order valence-corrected chi connectivity index (χ0v) is 14.8. The van der Waals surface area contributed by atoms with Gasteiger partial charge >= 0.3 is 0 Å². The lowest BCUT2D eigenvalue weighted by molar-refractivity contribution is -0.133. The van der Waals surface area contributed by atoms with Gasteiger partial charge in [-0.3, -0.25) is 14.2 Å². The number of methoxy groups -OCH3 is 1. The number of hydrogen-bond acceptors (Lipinski definition) is 4. The van der Waals surface area contributed by atoms with Gasteiger partial charge in [-0.25, -0.2) is 4.98 Å². The van der Waals surface area contributed by atoms with E-state index in [1.165, 1.54) is 10.9 Å². The Morgan fingerprint density at radius 1 is 1.38 bits per heavy atom. The Morgan fingerprint density at radius 3 is 2.79 bits per heavy atom. The molecule has 0 saturated carbocycles. The molecule has 24 heavy (non-hydrogen) atoms. The van der Waals surface area contributed by atoms with Gasteiger partial charge < -0.3 is 9.64 Å². The Bertz CT molecular complexity index is 768. The lowest BCUT2D eigenvalue weighted by Gasteiger charge is -2.24. The maximum absolute atomic E-state index is 12.6. The second kappa shape index (κ2) is 8.06. The monoisotopic (exact) mass is 331 g/mol. The van der Waals surface area contributed by atoms with Crippen molar-refractivity contribution in [1.29, 1.82) is 0 Å². The van der Waals surface area contributed by atoms with Gasteiger partial charge in [0.15, 0.2) is 0 Å². The summed E-state index contributed by atoms with van der Waals surface area (Å²) in [7, 11) is 1.61. The maximum atomic E-state index is 12.6. The predicted octanol–water partition coefficient (Wildman–Crippen LogP) is 1.84. The molecule has 0 unspecified atom stereocenters. The molecule has 2 aromatic rings. The van der Waals surface area contributed by atoms with Gasteiger partial charge in [-0.2, -0.15) is 0 Å². The summed E-state index contributed by atoms with van der Waals surface area (Å²) in [6, 6.07) is 5.49. The second-order valence-corrected chi connectivity index (χ2v) is 6.38. The van der Waals surface area contributed by atoms with Gasteiger partial charge in [-0.1, -0.05) is 26.0 Å². The number of aromatic nitrogens is 2. The third kappa shape index (κ3) is 4.20. The van der Waals surface area contributed by atoms with Gasteiger partial charge in [0.2, 0.25) is 5.91 Å². The third-order valence-corrected chi connectivity index (χ3v) is 3.86. The van der Waals surface area contributed by atoms with Crippen LogP contribution in [0.15, 0.2) is 29.3 Å². The minimum Gasteiger partial charge on any atom is -0.383 e. The van der Waals surface area contributed by atoms with Crippen LogP contribution in [0.3, 0.4) is 0 Å². The molecule has 0 spiro atoms. The van der Waals surface area contributed by atoms with E-state index in [9.17, 15) is 9.59 Å². The van der Waals surface area contributed by atoms with E-state index in [0.717, 1.165) is 5.56 Å². The molecule has 0 atom stereocenters. The van der Waals surface area contributed by atoms with E-state index in [2.05, 4.69) is 18.8 Å². The van der Waals surface area contributed by atoms with Crippen LogP contribution in [0.25, 0.3) is 10.9 Å². The van der Waals surface area contributed by atoms with Gasteiger partial charge in [0.1, 0.15) is 6.54 Å². The molecule has 0 aliphatic heterocycles. The molecule has 0 aliphatic rings. The summed E-state index contributed by atoms with van der Waals surface area (Å²) in [5.41, 5.74) is 1.45. The molecule has 1 aromatic heterocycles. The molecule has 1 amide bonds. The van der Waals surface area contributed by atoms with Gasteiger partial charge in [0.25, 0.3) is 5.56 Å². The molecule has 0 fully saturated rings. The number of carbonyl (C=O) groups is 1. The fourth-order valence-corrected chi connectivity index (χ4v) is 2.66. The van der Waals surface area contributed by atoms with Gasteiger partial charge in [0.05, 0.1) is 23.8 Å². The minimum absolute atomic E-state index is 0.00779. The highest BCUT2D eigenvalue weighted by Gasteiger charge is 2.16. The molecule has 0 N–H and O–H groups in total. The number of fused-ring (bicyclic) bond motifs is 1. The van der Waals surface area contributed by atoms with E-state index < -0.39 is 0 Å². The number of rotatable bonds is 7. The molecule has 6 heteroatoms. The average Bonchev–Trinajstić information content (AvgIpc) is 2.54. The Morgan fingerprint density at radius 2 is 2.12 bits per heavy atom. The number of hydrogen-bond donors (Lipinski definition) is 0. The van der Waals surface area contributed by atoms with Crippen molar-refractivity contribution in [3.63, 3.8) is 0 Å². The van der Waals surface area contributed by atoms with E-state index in [4.69, 9.17) is 4.74 Å². The molecule has 6 nitrogen and oxygen atoms in total. The smallest absolute Gasteiger partial charge is 0.261 e. The summed E-state index contributed by atoms with van der Waals surface area (Å²) in [4.78, 5) is 31.3. The summed E-state index contributed by atoms with van der Waals surface area (Å²) in [6.07, 6.45) is 1.46. The number of nitrogens with zero attached hydrogens (tertiary/aromatic N) is 3. The molecule has 0 bridgehead atoms. The summed E-state index contributed by atoms with van der Waals surface area (Å²) in [5.74, 6) is 0.247. The van der Waals surface area contributed by atoms with Crippen molar-refractivity contribution < 1.29 is 9.53 Å². The van der Waals surface area contributed by atoms with Gasteiger partial charge in [-0.05, 0) is 24.5 Å². The number of amides is 1. The topological polar surface area (TPSA) is 64.4 Å². The fraction of sp³-hybridized carbons (Fsp3) is 0.500. The number of ether oxygens (including phenoxy) is 1. The predicted molar refractivity (Wildman–Crippen MR) is 94.0 cm³/mol. The van der Waals surface area contributed by atoms with Crippen LogP contribution < -0.4 is 5.56 Å². The number of para-hydroxylation sites is 1. The largest absolute Gasteiger partial charge is 0.383 e. The van der Waals surface area contributed by atoms with Crippen molar-refractivity contribution in [3.8, 4) is 0 Å². The summed E-state index contributed by atoms with van der Waals surface area (Å²) in [5, 5.41) is 0.539. The van der Waals surface area contributed by atoms with E-state index in [0.29, 0.717) is 36.5 Å². The number of benzene rings is 1. The molecule has 0 saturated heterocycles. The minimum atomic E-state index is -0.187. The Balaban J connectivity index is 2.25. The van der Waals surface area contributed by atoms with Crippen molar-refractivity contribution in [1.82, 2.24) is 14.5 Å². The van der Waals surface area contributed by atoms with Crippen LogP contribution in [0.5, 0.6) is 0 Å². The highest BCUT2D eigenvalue weighted by Crippen LogP contribution is 2.11. The van der Waals surface area contributed by atoms with E-state index in [-0.39, 0.29) is 18.0 Å². The van der Waals surface area contributed by atoms with Crippen LogP contribution in [-0.2, 0) is 16.1 Å². The van der Waals surface area contributed by atoms with Crippen LogP contribution in [0, 0.1) is 12.8 Å². The van der Waals surface area contributed by atoms with Crippen molar-refractivity contribution in [2.45, 2.75) is 27.3 Å². The van der Waals surface area contributed by atoms with Gasteiger partial charge in [0, 0.05) is 20.2 Å². The summed E-state index contributed by atoms with van der Waals surface area (Å²) < 4.78 is 6.45. The zero-order valence-electron chi connectivity index (χ0n) is 14.8. The molecule has 130 valence electrons. The summed E-state index contributed by atoms with van der Waals surface area (Å²) in [6.45, 7) is 7.65. The molecule has 0 radical (unpaired) electrons. The first-order chi connectivity index (χ1) is 11.4. The fourth-order valence-electron chi connectivity index (χ4n) is 2.66. The normalized spacial score (nSPS) is 11.2. The van der Waals surface area contributed by atoms with Crippen molar-refractivity contribution in [2.24, 2.45) is 5.92 Å². The molecule has 2 rings (SSSR count). The number of carbonyl (C=O) groups excluding carboxylic acids is 1. The second-order valence-electron chi connectivity index (χ2n) is 6.38. The molecular weight excluding hydrogens is 306 g/mol. The summed E-state index contributed by atoms with van der Waals surface area (Å²) >= 11 is 0. The lowest BCUT2D eigenvalue weighted by atomic mass is 10.1. The first-order valence-electron chi connectivity index (χ1n) is 8.15. The Kier molecular flexibility index (Phi) is 6.09. The van der Waals surface area contributed by atoms with Gasteiger partial charge in [-0.15, -0.1) is 0 Å². The Hall–Kier alpha value is -2.21. The van der Waals surface area contributed by atoms with Crippen molar-refractivity contribution in [2.75, 3.05) is 26.8 Å². The standard InChI is InChI=1S/C18H25N3O3/c1-13(2)10-20(8-9-24-4)16(22)11-21-12-19-17-14(3)6-5-7-15(17)18(21)23/h5-7,12-13H,8-11H2,1-4H3. The first-order valence-corrected chi connectivity index (χ1v) is 8.15. The van der Waals surface area contributed by atoms with E-state index >= 15 is 0 Å². The van der Waals surface area contributed by atoms with Crippen LogP contribution in [0.1, 0.15) is 19.4 Å². The molecule has 1 aromatic carbocycles. The zero-order chi connectivity index (χ0) is 17.7. The van der Waals surface area contributed by atoms with Crippen LogP contribution in [-0.4, -0.2) is 47.2 Å². The SMILES string of the molecule is COCCN(CC(C)C)C(=O)Cn1cnc2c(C)cccc2c1=O. The van der Waals surface area contributed by atoms with Crippen LogP contribution in [0.2, 0.25) is 0 Å². The Labute approximate surface area is 142 Å². The van der Waals surface area contributed by atoms with Crippen LogP contribution >= 0.6 is 0 Å². The highest BCUT2D eigenvalue weighted by molar-refractivity contribution is 5.81. The average molecular weight is 331 g/mol. The van der Waals surface area contributed by atoms with E-state index in [1.807, 2.05) is 19.1 Å². The highest BCUT2D eigenvalue weighted by atomic mass is 16.5. The first kappa shape index (κ1) is 18.1. The lowest BCUT2D eigenvalue weighted by Crippen LogP contribution is -2.40. The quantitative estimate of drug-likeness (QED) is 0.776. The molecular formula is C18H25N3O3. The van der Waals surface area contributed by atoms with Crippen molar-refractivity contribution >= 4 is 16.8 Å². The molecule has 0 aliphatic carbocycles. The maximum Gasteiger partial charge on any atom is 0.261 e. The third-order valence-electron chi connectivity index (χ3n) is 3.86.